The quantitative estimate of drug-likeness (QED) is 0.494. The van der Waals surface area contributed by atoms with Gasteiger partial charge in [-0.05, 0) is 11.1 Å². The van der Waals surface area contributed by atoms with Crippen molar-refractivity contribution in [3.63, 3.8) is 0 Å². The van der Waals surface area contributed by atoms with Gasteiger partial charge in [0.1, 0.15) is 0 Å². The Morgan fingerprint density at radius 2 is 1.68 bits per heavy atom. The van der Waals surface area contributed by atoms with Gasteiger partial charge in [-0.25, -0.2) is 9.78 Å². The lowest BCUT2D eigenvalue weighted by Crippen LogP contribution is -2.46. The van der Waals surface area contributed by atoms with E-state index in [2.05, 4.69) is 10.3 Å². The number of benzene rings is 2. The van der Waals surface area contributed by atoms with Gasteiger partial charge in [-0.1, -0.05) is 60.7 Å². The summed E-state index contributed by atoms with van der Waals surface area (Å²) >= 11 is 1.32. The van der Waals surface area contributed by atoms with Crippen molar-refractivity contribution in [3.8, 4) is 0 Å². The molecule has 5 rings (SSSR count). The Morgan fingerprint density at radius 3 is 2.42 bits per heavy atom. The zero-order valence-corrected chi connectivity index (χ0v) is 17.2. The molecular weight excluding hydrogens is 412 g/mol. The summed E-state index contributed by atoms with van der Waals surface area (Å²) in [4.78, 5) is 45.0. The number of nitrogens with one attached hydrogen (secondary N) is 1. The molecule has 0 saturated carbocycles. The number of hydrogen-bond donors (Lipinski definition) is 1. The molecule has 3 amide bonds. The van der Waals surface area contributed by atoms with Gasteiger partial charge < -0.3 is 5.32 Å². The molecule has 3 heterocycles. The molecule has 0 radical (unpaired) electrons. The number of fused-ring (bicyclic) bond motifs is 1. The number of urea groups is 1. The zero-order chi connectivity index (χ0) is 21.4. The van der Waals surface area contributed by atoms with E-state index in [4.69, 9.17) is 0 Å². The molecule has 1 aliphatic rings. The van der Waals surface area contributed by atoms with Crippen molar-refractivity contribution < 1.29 is 9.59 Å². The van der Waals surface area contributed by atoms with Crippen LogP contribution in [-0.2, 0) is 23.3 Å². The first kappa shape index (κ1) is 19.2. The average molecular weight is 430 g/mol. The van der Waals surface area contributed by atoms with Crippen molar-refractivity contribution in [3.05, 3.63) is 105 Å². The van der Waals surface area contributed by atoms with Crippen LogP contribution in [0.15, 0.2) is 83.1 Å². The van der Waals surface area contributed by atoms with E-state index in [1.807, 2.05) is 60.7 Å². The summed E-state index contributed by atoms with van der Waals surface area (Å²) in [6, 6.07) is 19.7. The lowest BCUT2D eigenvalue weighted by atomic mass is 9.83. The van der Waals surface area contributed by atoms with E-state index in [1.54, 1.807) is 11.6 Å². The topological polar surface area (TPSA) is 83.8 Å². The van der Waals surface area contributed by atoms with E-state index in [1.165, 1.54) is 21.8 Å². The highest BCUT2D eigenvalue weighted by molar-refractivity contribution is 7.15. The van der Waals surface area contributed by atoms with Crippen LogP contribution in [0.5, 0.6) is 0 Å². The first-order chi connectivity index (χ1) is 15.1. The van der Waals surface area contributed by atoms with Gasteiger partial charge in [-0.2, -0.15) is 0 Å². The molecule has 0 spiro atoms. The number of thiazole rings is 1. The van der Waals surface area contributed by atoms with Crippen LogP contribution < -0.4 is 10.9 Å². The third kappa shape index (κ3) is 3.30. The molecule has 154 valence electrons. The van der Waals surface area contributed by atoms with Crippen LogP contribution >= 0.6 is 11.3 Å². The molecule has 1 saturated heterocycles. The number of rotatable bonds is 5. The molecule has 4 aromatic rings. The van der Waals surface area contributed by atoms with Crippen molar-refractivity contribution >= 4 is 28.2 Å². The van der Waals surface area contributed by atoms with E-state index in [9.17, 15) is 14.4 Å². The maximum atomic E-state index is 13.7. The Morgan fingerprint density at radius 1 is 0.968 bits per heavy atom. The van der Waals surface area contributed by atoms with E-state index < -0.39 is 11.6 Å². The van der Waals surface area contributed by atoms with Crippen LogP contribution in [0.3, 0.4) is 0 Å². The Bertz CT molecular complexity index is 1330. The predicted molar refractivity (Wildman–Crippen MR) is 117 cm³/mol. The molecular formula is C23H18N4O3S. The minimum Gasteiger partial charge on any atom is -0.319 e. The average Bonchev–Trinajstić information content (AvgIpc) is 3.35. The second-order valence-corrected chi connectivity index (χ2v) is 8.27. The fraction of sp³-hybridized carbons (Fsp3) is 0.130. The number of carbonyl (C=O) groups excluding carboxylic acids is 2. The maximum Gasteiger partial charge on any atom is 0.325 e. The van der Waals surface area contributed by atoms with Crippen LogP contribution in [0.1, 0.15) is 16.8 Å². The summed E-state index contributed by atoms with van der Waals surface area (Å²) in [5.74, 6) is -0.360. The van der Waals surface area contributed by atoms with Gasteiger partial charge >= 0.3 is 6.03 Å². The van der Waals surface area contributed by atoms with Crippen molar-refractivity contribution in [1.29, 1.82) is 0 Å². The summed E-state index contributed by atoms with van der Waals surface area (Å²) in [5, 5.41) is 4.69. The first-order valence-electron chi connectivity index (χ1n) is 9.76. The Balaban J connectivity index is 1.53. The molecule has 1 atom stereocenters. The molecule has 2 aromatic carbocycles. The highest BCUT2D eigenvalue weighted by Gasteiger charge is 2.52. The molecule has 1 N–H and O–H groups in total. The number of hydrogen-bond acceptors (Lipinski definition) is 5. The number of carbonyl (C=O) groups is 2. The number of aromatic nitrogens is 2. The van der Waals surface area contributed by atoms with E-state index in [0.29, 0.717) is 22.6 Å². The van der Waals surface area contributed by atoms with Gasteiger partial charge in [0.2, 0.25) is 0 Å². The monoisotopic (exact) mass is 430 g/mol. The molecule has 31 heavy (non-hydrogen) atoms. The lowest BCUT2D eigenvalue weighted by molar-refractivity contribution is -0.132. The van der Waals surface area contributed by atoms with Crippen LogP contribution in [0.2, 0.25) is 0 Å². The number of nitrogens with zero attached hydrogens (tertiary/aromatic N) is 3. The Kier molecular flexibility index (Phi) is 4.63. The normalized spacial score (nSPS) is 18.5. The van der Waals surface area contributed by atoms with Crippen LogP contribution in [0.25, 0.3) is 4.96 Å². The third-order valence-corrected chi connectivity index (χ3v) is 6.19. The van der Waals surface area contributed by atoms with E-state index >= 15 is 0 Å². The minimum atomic E-state index is -1.22. The van der Waals surface area contributed by atoms with Crippen molar-refractivity contribution in [2.45, 2.75) is 18.5 Å². The molecule has 0 aliphatic carbocycles. The van der Waals surface area contributed by atoms with Gasteiger partial charge in [0.15, 0.2) is 10.5 Å². The predicted octanol–water partition coefficient (Wildman–Crippen LogP) is 2.95. The van der Waals surface area contributed by atoms with E-state index in [0.717, 1.165) is 10.5 Å². The summed E-state index contributed by atoms with van der Waals surface area (Å²) in [5.41, 5.74) is 0.549. The van der Waals surface area contributed by atoms with Crippen LogP contribution in [-0.4, -0.2) is 26.2 Å². The van der Waals surface area contributed by atoms with Gasteiger partial charge in [0, 0.05) is 24.1 Å². The molecule has 0 unspecified atom stereocenters. The first-order valence-corrected chi connectivity index (χ1v) is 10.6. The van der Waals surface area contributed by atoms with Crippen LogP contribution in [0, 0.1) is 0 Å². The van der Waals surface area contributed by atoms with Crippen LogP contribution in [0.4, 0.5) is 4.79 Å². The van der Waals surface area contributed by atoms with Gasteiger partial charge in [0.25, 0.3) is 11.5 Å². The van der Waals surface area contributed by atoms with Crippen molar-refractivity contribution in [2.75, 3.05) is 0 Å². The van der Waals surface area contributed by atoms with Gasteiger partial charge in [0.05, 0.1) is 12.2 Å². The van der Waals surface area contributed by atoms with Gasteiger partial charge in [-0.3, -0.25) is 18.9 Å². The minimum absolute atomic E-state index is 0.0717. The molecule has 8 heteroatoms. The fourth-order valence-corrected chi connectivity index (χ4v) is 4.68. The number of imide groups is 1. The van der Waals surface area contributed by atoms with E-state index in [-0.39, 0.29) is 18.0 Å². The van der Waals surface area contributed by atoms with Gasteiger partial charge in [-0.15, -0.1) is 11.3 Å². The SMILES string of the molecule is O=C1N[C@@](Cc2ccccc2)(c2ccccc2)C(=O)N1Cc1cc(=O)n2ccsc2n1. The highest BCUT2D eigenvalue weighted by atomic mass is 32.1. The zero-order valence-electron chi connectivity index (χ0n) is 16.4. The smallest absolute Gasteiger partial charge is 0.319 e. The van der Waals surface area contributed by atoms with Crippen molar-refractivity contribution in [2.24, 2.45) is 0 Å². The molecule has 1 aliphatic heterocycles. The summed E-state index contributed by atoms with van der Waals surface area (Å²) < 4.78 is 1.43. The van der Waals surface area contributed by atoms with Crippen molar-refractivity contribution in [1.82, 2.24) is 19.6 Å². The standard InChI is InChI=1S/C23H18N4O3S/c28-19-13-18(24-22-26(19)11-12-31-22)15-27-20(29)23(25-21(27)30,17-9-5-2-6-10-17)14-16-7-3-1-4-8-16/h1-13H,14-15H2,(H,25,30)/t23-/m0/s1. The fourth-order valence-electron chi connectivity index (χ4n) is 3.94. The molecule has 1 fully saturated rings. The maximum absolute atomic E-state index is 13.7. The third-order valence-electron chi connectivity index (χ3n) is 5.43. The number of amides is 3. The molecule has 0 bridgehead atoms. The summed E-state index contributed by atoms with van der Waals surface area (Å²) in [6.45, 7) is -0.0717. The Labute approximate surface area is 181 Å². The highest BCUT2D eigenvalue weighted by Crippen LogP contribution is 2.33. The molecule has 7 nitrogen and oxygen atoms in total. The lowest BCUT2D eigenvalue weighted by Gasteiger charge is -2.27. The second kappa shape index (κ2) is 7.48. The Hall–Kier alpha value is -3.78. The molecule has 2 aromatic heterocycles. The summed E-state index contributed by atoms with van der Waals surface area (Å²) in [6.07, 6.45) is 1.96. The second-order valence-electron chi connectivity index (χ2n) is 7.40. The summed E-state index contributed by atoms with van der Waals surface area (Å²) in [7, 11) is 0. The largest absolute Gasteiger partial charge is 0.325 e.